The second kappa shape index (κ2) is 3.98. The van der Waals surface area contributed by atoms with Crippen LogP contribution < -0.4 is 0 Å². The highest BCUT2D eigenvalue weighted by atomic mass is 16.6. The van der Waals surface area contributed by atoms with Crippen LogP contribution in [0.2, 0.25) is 0 Å². The average molecular weight is 227 g/mol. The lowest BCUT2D eigenvalue weighted by molar-refractivity contribution is -0.141. The van der Waals surface area contributed by atoms with Crippen molar-refractivity contribution >= 4 is 5.97 Å². The molecule has 5 heteroatoms. The van der Waals surface area contributed by atoms with Crippen molar-refractivity contribution in [3.63, 3.8) is 0 Å². The van der Waals surface area contributed by atoms with Gasteiger partial charge in [0, 0.05) is 31.5 Å². The molecule has 5 nitrogen and oxygen atoms in total. The first kappa shape index (κ1) is 10.5. The van der Waals surface area contributed by atoms with Crippen LogP contribution in [-0.2, 0) is 14.3 Å². The van der Waals surface area contributed by atoms with E-state index in [1.165, 1.54) is 0 Å². The number of fused-ring (bicyclic) bond motifs is 1. The van der Waals surface area contributed by atoms with Crippen molar-refractivity contribution in [1.82, 2.24) is 4.90 Å². The highest BCUT2D eigenvalue weighted by Crippen LogP contribution is 2.39. The number of carbonyl (C=O) groups is 1. The Balaban J connectivity index is 1.74. The molecule has 2 saturated heterocycles. The van der Waals surface area contributed by atoms with Crippen molar-refractivity contribution in [2.75, 3.05) is 26.3 Å². The maximum Gasteiger partial charge on any atom is 0.306 e. The van der Waals surface area contributed by atoms with Gasteiger partial charge in [-0.2, -0.15) is 0 Å². The first-order valence-electron chi connectivity index (χ1n) is 5.95. The molecule has 1 aliphatic carbocycles. The molecule has 2 aliphatic heterocycles. The summed E-state index contributed by atoms with van der Waals surface area (Å²) in [5.74, 6) is 0.0701. The Morgan fingerprint density at radius 2 is 2.06 bits per heavy atom. The summed E-state index contributed by atoms with van der Waals surface area (Å²) >= 11 is 0. The van der Waals surface area contributed by atoms with E-state index in [1.54, 1.807) is 0 Å². The lowest BCUT2D eigenvalue weighted by Gasteiger charge is -2.36. The molecule has 1 saturated carbocycles. The molecule has 0 amide bonds. The van der Waals surface area contributed by atoms with Gasteiger partial charge in [-0.25, -0.2) is 0 Å². The first-order chi connectivity index (χ1) is 7.75. The van der Waals surface area contributed by atoms with Gasteiger partial charge >= 0.3 is 5.97 Å². The number of carbonyl (C=O) groups excluding carboxylic acids is 1. The van der Waals surface area contributed by atoms with Gasteiger partial charge in [0.2, 0.25) is 0 Å². The van der Waals surface area contributed by atoms with Gasteiger partial charge in [-0.1, -0.05) is 0 Å². The molecule has 0 aromatic rings. The van der Waals surface area contributed by atoms with E-state index in [2.05, 4.69) is 4.90 Å². The third kappa shape index (κ3) is 1.63. The minimum Gasteiger partial charge on any atom is -0.462 e. The van der Waals surface area contributed by atoms with Gasteiger partial charge in [-0.15, -0.1) is 0 Å². The third-order valence-electron chi connectivity index (χ3n) is 3.94. The molecule has 3 fully saturated rings. The molecule has 4 atom stereocenters. The van der Waals surface area contributed by atoms with Gasteiger partial charge in [-0.3, -0.25) is 9.69 Å². The molecule has 16 heavy (non-hydrogen) atoms. The predicted octanol–water partition coefficient (Wildman–Crippen LogP) is -0.617. The smallest absolute Gasteiger partial charge is 0.306 e. The van der Waals surface area contributed by atoms with Crippen LogP contribution in [0.5, 0.6) is 0 Å². The minimum absolute atomic E-state index is 0.0599. The fourth-order valence-electron chi connectivity index (χ4n) is 3.24. The number of morpholine rings is 1. The summed E-state index contributed by atoms with van der Waals surface area (Å²) in [6.45, 7) is 3.13. The van der Waals surface area contributed by atoms with Crippen LogP contribution in [-0.4, -0.2) is 60.5 Å². The monoisotopic (exact) mass is 227 g/mol. The van der Waals surface area contributed by atoms with Crippen molar-refractivity contribution in [3.8, 4) is 0 Å². The van der Waals surface area contributed by atoms with Crippen molar-refractivity contribution in [2.24, 2.45) is 5.92 Å². The van der Waals surface area contributed by atoms with Crippen LogP contribution in [0.4, 0.5) is 0 Å². The lowest BCUT2D eigenvalue weighted by Crippen LogP contribution is -2.49. The molecular weight excluding hydrogens is 210 g/mol. The number of esters is 1. The standard InChI is InChI=1S/C11H17NO4/c13-8-6-9-7(5-10(14)16-9)11(8)12-1-3-15-4-2-12/h7-9,11,13H,1-6H2/t7-,8+,9-,11+/m1/s1. The molecule has 0 bridgehead atoms. The summed E-state index contributed by atoms with van der Waals surface area (Å²) < 4.78 is 10.5. The van der Waals surface area contributed by atoms with Gasteiger partial charge < -0.3 is 14.6 Å². The van der Waals surface area contributed by atoms with E-state index in [0.29, 0.717) is 12.8 Å². The summed E-state index contributed by atoms with van der Waals surface area (Å²) in [6, 6.07) is 0.0837. The van der Waals surface area contributed by atoms with E-state index in [1.807, 2.05) is 0 Å². The average Bonchev–Trinajstić information content (AvgIpc) is 2.74. The Hall–Kier alpha value is -0.650. The lowest BCUT2D eigenvalue weighted by atomic mass is 9.97. The van der Waals surface area contributed by atoms with Crippen LogP contribution in [0.25, 0.3) is 0 Å². The number of ether oxygens (including phenoxy) is 2. The van der Waals surface area contributed by atoms with E-state index in [9.17, 15) is 9.90 Å². The zero-order valence-corrected chi connectivity index (χ0v) is 9.17. The van der Waals surface area contributed by atoms with Crippen LogP contribution in [0.3, 0.4) is 0 Å². The molecule has 1 N–H and O–H groups in total. The fourth-order valence-corrected chi connectivity index (χ4v) is 3.24. The number of rotatable bonds is 1. The molecule has 3 rings (SSSR count). The molecule has 0 spiro atoms. The first-order valence-corrected chi connectivity index (χ1v) is 5.95. The van der Waals surface area contributed by atoms with Crippen molar-refractivity contribution in [1.29, 1.82) is 0 Å². The minimum atomic E-state index is -0.360. The second-order valence-corrected chi connectivity index (χ2v) is 4.84. The summed E-state index contributed by atoms with van der Waals surface area (Å²) in [7, 11) is 0. The normalized spacial score (nSPS) is 44.4. The summed E-state index contributed by atoms with van der Waals surface area (Å²) in [6.07, 6.45) is 0.638. The zero-order chi connectivity index (χ0) is 11.1. The Morgan fingerprint density at radius 3 is 2.81 bits per heavy atom. The summed E-state index contributed by atoms with van der Waals surface area (Å²) in [5, 5.41) is 10.1. The quantitative estimate of drug-likeness (QED) is 0.605. The molecule has 2 heterocycles. The van der Waals surface area contributed by atoms with Gasteiger partial charge in [0.15, 0.2) is 0 Å². The molecular formula is C11H17NO4. The van der Waals surface area contributed by atoms with Gasteiger partial charge in [0.25, 0.3) is 0 Å². The highest BCUT2D eigenvalue weighted by molar-refractivity contribution is 5.72. The van der Waals surface area contributed by atoms with Crippen molar-refractivity contribution < 1.29 is 19.4 Å². The van der Waals surface area contributed by atoms with Crippen LogP contribution >= 0.6 is 0 Å². The number of hydrogen-bond acceptors (Lipinski definition) is 5. The summed E-state index contributed by atoms with van der Waals surface area (Å²) in [4.78, 5) is 13.5. The van der Waals surface area contributed by atoms with Gasteiger partial charge in [0.1, 0.15) is 6.10 Å². The number of hydrogen-bond donors (Lipinski definition) is 1. The zero-order valence-electron chi connectivity index (χ0n) is 9.17. The highest BCUT2D eigenvalue weighted by Gasteiger charge is 2.51. The molecule has 0 radical (unpaired) electrons. The maximum absolute atomic E-state index is 11.2. The molecule has 0 aromatic heterocycles. The SMILES string of the molecule is O=C1C[C@H]2[C@H](N3CCOCC3)[C@@H](O)C[C@H]2O1. The molecule has 0 unspecified atom stereocenters. The van der Waals surface area contributed by atoms with E-state index < -0.39 is 0 Å². The molecule has 90 valence electrons. The number of nitrogens with zero attached hydrogens (tertiary/aromatic N) is 1. The van der Waals surface area contributed by atoms with Gasteiger partial charge in [0.05, 0.1) is 25.7 Å². The predicted molar refractivity (Wildman–Crippen MR) is 54.8 cm³/mol. The summed E-state index contributed by atoms with van der Waals surface area (Å²) in [5.41, 5.74) is 0. The largest absolute Gasteiger partial charge is 0.462 e. The van der Waals surface area contributed by atoms with E-state index >= 15 is 0 Å². The van der Waals surface area contributed by atoms with Crippen molar-refractivity contribution in [2.45, 2.75) is 31.1 Å². The van der Waals surface area contributed by atoms with Crippen LogP contribution in [0.1, 0.15) is 12.8 Å². The number of aliphatic hydroxyl groups is 1. The van der Waals surface area contributed by atoms with Crippen molar-refractivity contribution in [3.05, 3.63) is 0 Å². The maximum atomic E-state index is 11.2. The van der Waals surface area contributed by atoms with E-state index in [-0.39, 0.29) is 30.1 Å². The van der Waals surface area contributed by atoms with Gasteiger partial charge in [-0.05, 0) is 0 Å². The molecule has 0 aromatic carbocycles. The Bertz CT molecular complexity index is 290. The van der Waals surface area contributed by atoms with Crippen LogP contribution in [0.15, 0.2) is 0 Å². The Morgan fingerprint density at radius 1 is 1.31 bits per heavy atom. The number of aliphatic hydroxyl groups excluding tert-OH is 1. The Kier molecular flexibility index (Phi) is 2.61. The second-order valence-electron chi connectivity index (χ2n) is 4.84. The third-order valence-corrected chi connectivity index (χ3v) is 3.94. The van der Waals surface area contributed by atoms with E-state index in [0.717, 1.165) is 26.3 Å². The van der Waals surface area contributed by atoms with Crippen LogP contribution in [0, 0.1) is 5.92 Å². The topological polar surface area (TPSA) is 59.0 Å². The Labute approximate surface area is 94.3 Å². The van der Waals surface area contributed by atoms with E-state index in [4.69, 9.17) is 9.47 Å². The molecule has 3 aliphatic rings. The fraction of sp³-hybridized carbons (Fsp3) is 0.909.